The van der Waals surface area contributed by atoms with Crippen molar-refractivity contribution in [2.24, 2.45) is 5.73 Å². The zero-order chi connectivity index (χ0) is 16.8. The molecule has 0 aliphatic carbocycles. The number of carbonyl (C=O) groups is 3. The van der Waals surface area contributed by atoms with Gasteiger partial charge in [-0.05, 0) is 37.1 Å². The summed E-state index contributed by atoms with van der Waals surface area (Å²) in [6.45, 7) is 0.315. The van der Waals surface area contributed by atoms with Crippen molar-refractivity contribution in [3.05, 3.63) is 29.8 Å². The van der Waals surface area contributed by atoms with Crippen LogP contribution in [-0.4, -0.2) is 48.9 Å². The quantitative estimate of drug-likeness (QED) is 0.745. The fourth-order valence-electron chi connectivity index (χ4n) is 2.41. The number of hydrogen-bond acceptors (Lipinski definition) is 6. The highest BCUT2D eigenvalue weighted by atomic mass is 16.7. The molecule has 8 heteroatoms. The van der Waals surface area contributed by atoms with Gasteiger partial charge in [-0.25, -0.2) is 4.79 Å². The molecule has 0 saturated carbocycles. The highest BCUT2D eigenvalue weighted by Crippen LogP contribution is 2.17. The predicted octanol–water partition coefficient (Wildman–Crippen LogP) is -0.167. The van der Waals surface area contributed by atoms with E-state index < -0.39 is 17.9 Å². The highest BCUT2D eigenvalue weighted by Gasteiger charge is 2.34. The number of ether oxygens (including phenoxy) is 1. The molecule has 1 fully saturated rings. The van der Waals surface area contributed by atoms with E-state index in [0.717, 1.165) is 0 Å². The van der Waals surface area contributed by atoms with Gasteiger partial charge in [0.2, 0.25) is 5.91 Å². The van der Waals surface area contributed by atoms with E-state index in [1.165, 1.54) is 24.1 Å². The van der Waals surface area contributed by atoms with Crippen LogP contribution < -0.4 is 16.0 Å². The van der Waals surface area contributed by atoms with Gasteiger partial charge in [0.05, 0.1) is 19.2 Å². The predicted molar refractivity (Wildman–Crippen MR) is 80.3 cm³/mol. The first-order valence-electron chi connectivity index (χ1n) is 7.21. The molecule has 2 rings (SSSR count). The molecule has 0 spiro atoms. The van der Waals surface area contributed by atoms with Crippen molar-refractivity contribution in [1.82, 2.24) is 10.4 Å². The Labute approximate surface area is 133 Å². The van der Waals surface area contributed by atoms with Gasteiger partial charge in [0, 0.05) is 6.54 Å². The Kier molecular flexibility index (Phi) is 5.53. The SMILES string of the molecule is COc1ccc(C(=O)ONC(=O)[C@@H]2CCCN2C(=O)CN)cc1. The van der Waals surface area contributed by atoms with E-state index in [1.807, 2.05) is 0 Å². The molecular weight excluding hydrogens is 302 g/mol. The first kappa shape index (κ1) is 16.8. The van der Waals surface area contributed by atoms with E-state index in [2.05, 4.69) is 5.48 Å². The van der Waals surface area contributed by atoms with Crippen LogP contribution in [0.2, 0.25) is 0 Å². The number of methoxy groups -OCH3 is 1. The van der Waals surface area contributed by atoms with Gasteiger partial charge in [0.15, 0.2) is 0 Å². The molecule has 1 aromatic rings. The molecule has 1 atom stereocenters. The summed E-state index contributed by atoms with van der Waals surface area (Å²) in [7, 11) is 1.52. The second-order valence-corrected chi connectivity index (χ2v) is 5.03. The van der Waals surface area contributed by atoms with Gasteiger partial charge < -0.3 is 20.2 Å². The second kappa shape index (κ2) is 7.59. The average Bonchev–Trinajstić information content (AvgIpc) is 3.08. The topological polar surface area (TPSA) is 111 Å². The summed E-state index contributed by atoms with van der Waals surface area (Å²) in [5.74, 6) is -0.932. The summed E-state index contributed by atoms with van der Waals surface area (Å²) in [6, 6.07) is 5.60. The summed E-state index contributed by atoms with van der Waals surface area (Å²) in [5, 5.41) is 0. The molecule has 0 unspecified atom stereocenters. The number of nitrogens with zero attached hydrogens (tertiary/aromatic N) is 1. The minimum Gasteiger partial charge on any atom is -0.497 e. The van der Waals surface area contributed by atoms with Crippen LogP contribution in [0, 0.1) is 0 Å². The van der Waals surface area contributed by atoms with E-state index in [0.29, 0.717) is 25.1 Å². The first-order valence-corrected chi connectivity index (χ1v) is 7.21. The zero-order valence-electron chi connectivity index (χ0n) is 12.8. The van der Waals surface area contributed by atoms with Crippen LogP contribution in [-0.2, 0) is 14.4 Å². The third-order valence-corrected chi connectivity index (χ3v) is 3.62. The molecule has 8 nitrogen and oxygen atoms in total. The van der Waals surface area contributed by atoms with E-state index in [1.54, 1.807) is 12.1 Å². The van der Waals surface area contributed by atoms with Crippen LogP contribution >= 0.6 is 0 Å². The van der Waals surface area contributed by atoms with Gasteiger partial charge in [-0.1, -0.05) is 0 Å². The maximum atomic E-state index is 12.1. The fraction of sp³-hybridized carbons (Fsp3) is 0.400. The molecule has 1 aliphatic heterocycles. The van der Waals surface area contributed by atoms with E-state index in [-0.39, 0.29) is 18.0 Å². The summed E-state index contributed by atoms with van der Waals surface area (Å²) in [5.41, 5.74) is 7.69. The number of nitrogens with two attached hydrogens (primary N) is 1. The van der Waals surface area contributed by atoms with Crippen LogP contribution in [0.25, 0.3) is 0 Å². The maximum Gasteiger partial charge on any atom is 0.362 e. The highest BCUT2D eigenvalue weighted by molar-refractivity contribution is 5.92. The number of carbonyl (C=O) groups excluding carboxylic acids is 3. The molecule has 3 N–H and O–H groups in total. The molecular formula is C15H19N3O5. The number of hydrogen-bond donors (Lipinski definition) is 2. The van der Waals surface area contributed by atoms with Crippen molar-refractivity contribution in [3.8, 4) is 5.75 Å². The minimum absolute atomic E-state index is 0.157. The van der Waals surface area contributed by atoms with Gasteiger partial charge in [0.1, 0.15) is 11.8 Å². The summed E-state index contributed by atoms with van der Waals surface area (Å²) in [4.78, 5) is 41.8. The molecule has 1 heterocycles. The monoisotopic (exact) mass is 321 g/mol. The lowest BCUT2D eigenvalue weighted by atomic mass is 10.2. The number of hydroxylamine groups is 1. The molecule has 0 bridgehead atoms. The zero-order valence-corrected chi connectivity index (χ0v) is 12.8. The summed E-state index contributed by atoms with van der Waals surface area (Å²) in [6.07, 6.45) is 1.22. The van der Waals surface area contributed by atoms with E-state index >= 15 is 0 Å². The number of nitrogens with one attached hydrogen (secondary N) is 1. The Morgan fingerprint density at radius 1 is 1.30 bits per heavy atom. The van der Waals surface area contributed by atoms with Crippen LogP contribution in [0.5, 0.6) is 5.75 Å². The van der Waals surface area contributed by atoms with Gasteiger partial charge in [-0.2, -0.15) is 5.48 Å². The van der Waals surface area contributed by atoms with Gasteiger partial charge >= 0.3 is 5.97 Å². The molecule has 1 aliphatic rings. The third kappa shape index (κ3) is 3.98. The minimum atomic E-state index is -0.698. The molecule has 0 aromatic heterocycles. The van der Waals surface area contributed by atoms with E-state index in [4.69, 9.17) is 15.3 Å². The molecule has 124 valence electrons. The Morgan fingerprint density at radius 3 is 2.61 bits per heavy atom. The molecule has 2 amide bonds. The number of rotatable bonds is 4. The Hall–Kier alpha value is -2.61. The Balaban J connectivity index is 1.90. The molecule has 0 radical (unpaired) electrons. The lowest BCUT2D eigenvalue weighted by molar-refractivity contribution is -0.142. The van der Waals surface area contributed by atoms with Crippen LogP contribution in [0.1, 0.15) is 23.2 Å². The smallest absolute Gasteiger partial charge is 0.362 e. The van der Waals surface area contributed by atoms with Crippen LogP contribution in [0.15, 0.2) is 24.3 Å². The fourth-order valence-corrected chi connectivity index (χ4v) is 2.41. The van der Waals surface area contributed by atoms with Crippen molar-refractivity contribution in [2.75, 3.05) is 20.2 Å². The number of likely N-dealkylation sites (tertiary alicyclic amines) is 1. The molecule has 1 saturated heterocycles. The molecule has 1 aromatic carbocycles. The standard InChI is InChI=1S/C15H19N3O5/c1-22-11-6-4-10(5-7-11)15(21)23-17-14(20)12-3-2-8-18(12)13(19)9-16/h4-7,12H,2-3,8-9,16H2,1H3,(H,17,20)/t12-/m0/s1. The summed E-state index contributed by atoms with van der Waals surface area (Å²) < 4.78 is 4.99. The lowest BCUT2D eigenvalue weighted by Crippen LogP contribution is -2.48. The summed E-state index contributed by atoms with van der Waals surface area (Å²) >= 11 is 0. The molecule has 23 heavy (non-hydrogen) atoms. The Bertz CT molecular complexity index is 587. The van der Waals surface area contributed by atoms with Crippen molar-refractivity contribution < 1.29 is 24.0 Å². The average molecular weight is 321 g/mol. The number of benzene rings is 1. The van der Waals surface area contributed by atoms with Gasteiger partial charge in [0.25, 0.3) is 5.91 Å². The van der Waals surface area contributed by atoms with E-state index in [9.17, 15) is 14.4 Å². The first-order chi connectivity index (χ1) is 11.1. The number of amides is 2. The maximum absolute atomic E-state index is 12.1. The van der Waals surface area contributed by atoms with Crippen LogP contribution in [0.4, 0.5) is 0 Å². The van der Waals surface area contributed by atoms with Crippen LogP contribution in [0.3, 0.4) is 0 Å². The van der Waals surface area contributed by atoms with Gasteiger partial charge in [-0.15, -0.1) is 0 Å². The van der Waals surface area contributed by atoms with Gasteiger partial charge in [-0.3, -0.25) is 9.59 Å². The van der Waals surface area contributed by atoms with Crippen molar-refractivity contribution >= 4 is 17.8 Å². The second-order valence-electron chi connectivity index (χ2n) is 5.03. The van der Waals surface area contributed by atoms with Crippen molar-refractivity contribution in [1.29, 1.82) is 0 Å². The largest absolute Gasteiger partial charge is 0.497 e. The third-order valence-electron chi connectivity index (χ3n) is 3.62. The van der Waals surface area contributed by atoms with Crippen molar-refractivity contribution in [2.45, 2.75) is 18.9 Å². The lowest BCUT2D eigenvalue weighted by Gasteiger charge is -2.22. The normalized spacial score (nSPS) is 16.8. The Morgan fingerprint density at radius 2 is 2.00 bits per heavy atom. The van der Waals surface area contributed by atoms with Crippen molar-refractivity contribution in [3.63, 3.8) is 0 Å².